The molecule has 0 saturated heterocycles. The number of pyridine rings is 1. The monoisotopic (exact) mass is 403 g/mol. The molecule has 156 valence electrons. The highest BCUT2D eigenvalue weighted by atomic mass is 16.5. The van der Waals surface area contributed by atoms with E-state index >= 15 is 0 Å². The van der Waals surface area contributed by atoms with Gasteiger partial charge >= 0.3 is 0 Å². The highest BCUT2D eigenvalue weighted by Gasteiger charge is 2.42. The fraction of sp³-hybridized carbons (Fsp3) is 0.500. The van der Waals surface area contributed by atoms with Gasteiger partial charge in [-0.3, -0.25) is 4.98 Å². The quantitative estimate of drug-likeness (QED) is 0.648. The minimum atomic E-state index is -0.0814. The molecule has 6 nitrogen and oxygen atoms in total. The third-order valence-corrected chi connectivity index (χ3v) is 6.75. The molecule has 1 saturated carbocycles. The second-order valence-corrected chi connectivity index (χ2v) is 8.57. The molecule has 1 N–H and O–H groups in total. The van der Waals surface area contributed by atoms with Gasteiger partial charge in [-0.1, -0.05) is 43.2 Å². The Labute approximate surface area is 177 Å². The van der Waals surface area contributed by atoms with Crippen LogP contribution in [0, 0.1) is 0 Å². The Morgan fingerprint density at radius 3 is 2.53 bits per heavy atom. The van der Waals surface area contributed by atoms with E-state index in [2.05, 4.69) is 57.9 Å². The van der Waals surface area contributed by atoms with Crippen molar-refractivity contribution >= 4 is 0 Å². The third kappa shape index (κ3) is 3.33. The van der Waals surface area contributed by atoms with Crippen molar-refractivity contribution in [1.82, 2.24) is 25.6 Å². The van der Waals surface area contributed by atoms with Crippen LogP contribution >= 0.6 is 0 Å². The minimum Gasteiger partial charge on any atom is -0.381 e. The van der Waals surface area contributed by atoms with Gasteiger partial charge in [-0.2, -0.15) is 5.21 Å². The molecular formula is C24H29N5O. The van der Waals surface area contributed by atoms with Crippen molar-refractivity contribution in [2.45, 2.75) is 63.7 Å². The number of aryl methyl sites for hydroxylation is 1. The molecule has 0 aliphatic heterocycles. The number of hydrogen-bond donors (Lipinski definition) is 1. The summed E-state index contributed by atoms with van der Waals surface area (Å²) in [6.07, 6.45) is 9.10. The number of rotatable bonds is 6. The van der Waals surface area contributed by atoms with Crippen molar-refractivity contribution < 1.29 is 4.74 Å². The molecule has 0 bridgehead atoms. The van der Waals surface area contributed by atoms with Crippen molar-refractivity contribution in [2.24, 2.45) is 0 Å². The lowest BCUT2D eigenvalue weighted by atomic mass is 9.76. The number of nitrogens with one attached hydrogen (secondary N) is 1. The first-order chi connectivity index (χ1) is 14.8. The van der Waals surface area contributed by atoms with Gasteiger partial charge < -0.3 is 4.74 Å². The van der Waals surface area contributed by atoms with E-state index in [4.69, 9.17) is 9.72 Å². The fourth-order valence-electron chi connectivity index (χ4n) is 5.33. The summed E-state index contributed by atoms with van der Waals surface area (Å²) >= 11 is 0. The van der Waals surface area contributed by atoms with E-state index in [0.29, 0.717) is 12.4 Å². The predicted octanol–water partition coefficient (Wildman–Crippen LogP) is 4.66. The lowest BCUT2D eigenvalue weighted by molar-refractivity contribution is 0.0919. The molecule has 0 amide bonds. The molecule has 1 fully saturated rings. The summed E-state index contributed by atoms with van der Waals surface area (Å²) in [6, 6.07) is 10.7. The summed E-state index contributed by atoms with van der Waals surface area (Å²) in [6.45, 7) is 3.49. The van der Waals surface area contributed by atoms with E-state index in [1.54, 1.807) is 0 Å². The molecule has 5 rings (SSSR count). The summed E-state index contributed by atoms with van der Waals surface area (Å²) in [5.41, 5.74) is 7.17. The zero-order valence-corrected chi connectivity index (χ0v) is 17.7. The largest absolute Gasteiger partial charge is 0.381 e. The Kier molecular flexibility index (Phi) is 5.34. The van der Waals surface area contributed by atoms with Gasteiger partial charge in [0.2, 0.25) is 5.82 Å². The molecular weight excluding hydrogens is 374 g/mol. The Balaban J connectivity index is 1.82. The number of aromatic amines is 1. The molecule has 30 heavy (non-hydrogen) atoms. The second kappa shape index (κ2) is 8.26. The Bertz CT molecular complexity index is 994. The zero-order valence-electron chi connectivity index (χ0n) is 17.7. The molecule has 0 radical (unpaired) electrons. The maximum atomic E-state index is 6.03. The third-order valence-electron chi connectivity index (χ3n) is 6.75. The molecule has 2 aliphatic rings. The Morgan fingerprint density at radius 2 is 1.80 bits per heavy atom. The van der Waals surface area contributed by atoms with Gasteiger partial charge in [0.15, 0.2) is 0 Å². The van der Waals surface area contributed by atoms with Crippen LogP contribution in [0.2, 0.25) is 0 Å². The lowest BCUT2D eigenvalue weighted by Gasteiger charge is -2.33. The lowest BCUT2D eigenvalue weighted by Crippen LogP contribution is -2.32. The first-order valence-electron chi connectivity index (χ1n) is 11.3. The molecule has 0 spiro atoms. The van der Waals surface area contributed by atoms with Crippen LogP contribution in [0.1, 0.15) is 62.4 Å². The van der Waals surface area contributed by atoms with Gasteiger partial charge in [-0.25, -0.2) is 0 Å². The molecule has 2 heterocycles. The number of ether oxygens (including phenoxy) is 1. The maximum absolute atomic E-state index is 6.03. The van der Waals surface area contributed by atoms with Crippen LogP contribution in [0.5, 0.6) is 0 Å². The SMILES string of the molecule is CCOCC1(c2nc3c(c(-c4ccccc4)c2-c2nn[nH]n2)CCCC3)CCCC1. The van der Waals surface area contributed by atoms with E-state index in [0.717, 1.165) is 43.5 Å². The van der Waals surface area contributed by atoms with E-state index in [1.165, 1.54) is 48.1 Å². The van der Waals surface area contributed by atoms with Crippen LogP contribution in [0.25, 0.3) is 22.5 Å². The first-order valence-corrected chi connectivity index (χ1v) is 11.3. The average Bonchev–Trinajstić information content (AvgIpc) is 3.50. The minimum absolute atomic E-state index is 0.0814. The van der Waals surface area contributed by atoms with Gasteiger partial charge in [0.05, 0.1) is 17.9 Å². The number of fused-ring (bicyclic) bond motifs is 1. The van der Waals surface area contributed by atoms with Crippen molar-refractivity contribution in [2.75, 3.05) is 13.2 Å². The number of benzene rings is 1. The van der Waals surface area contributed by atoms with Crippen LogP contribution in [-0.4, -0.2) is 38.8 Å². The highest BCUT2D eigenvalue weighted by Crippen LogP contribution is 2.48. The van der Waals surface area contributed by atoms with Crippen LogP contribution in [0.3, 0.4) is 0 Å². The Hall–Kier alpha value is -2.60. The van der Waals surface area contributed by atoms with E-state index < -0.39 is 0 Å². The normalized spacial score (nSPS) is 17.8. The smallest absolute Gasteiger partial charge is 0.207 e. The maximum Gasteiger partial charge on any atom is 0.207 e. The van der Waals surface area contributed by atoms with E-state index in [9.17, 15) is 0 Å². The van der Waals surface area contributed by atoms with Crippen LogP contribution in [0.4, 0.5) is 0 Å². The van der Waals surface area contributed by atoms with Crippen LogP contribution in [-0.2, 0) is 23.0 Å². The predicted molar refractivity (Wildman–Crippen MR) is 116 cm³/mol. The number of aromatic nitrogens is 5. The number of tetrazole rings is 1. The number of H-pyrrole nitrogens is 1. The molecule has 3 aromatic rings. The van der Waals surface area contributed by atoms with Gasteiger partial charge in [-0.05, 0) is 67.4 Å². The van der Waals surface area contributed by atoms with Gasteiger partial charge in [0, 0.05) is 17.7 Å². The van der Waals surface area contributed by atoms with E-state index in [1.807, 2.05) is 0 Å². The standard InChI is InChI=1S/C24H29N5O/c1-2-30-16-24(14-8-9-15-24)22-21(23-26-28-29-27-23)20(17-10-4-3-5-11-17)18-12-6-7-13-19(18)25-22/h3-5,10-11H,2,6-9,12-16H2,1H3,(H,26,27,28,29). The molecule has 0 unspecified atom stereocenters. The molecule has 6 heteroatoms. The topological polar surface area (TPSA) is 76.6 Å². The summed E-state index contributed by atoms with van der Waals surface area (Å²) in [5, 5.41) is 15.4. The highest BCUT2D eigenvalue weighted by molar-refractivity contribution is 5.86. The summed E-state index contributed by atoms with van der Waals surface area (Å²) in [7, 11) is 0. The van der Waals surface area contributed by atoms with Crippen molar-refractivity contribution in [3.63, 3.8) is 0 Å². The molecule has 0 atom stereocenters. The fourth-order valence-corrected chi connectivity index (χ4v) is 5.33. The van der Waals surface area contributed by atoms with Crippen LogP contribution in [0.15, 0.2) is 30.3 Å². The van der Waals surface area contributed by atoms with Crippen LogP contribution < -0.4 is 0 Å². The van der Waals surface area contributed by atoms with Gasteiger partial charge in [-0.15, -0.1) is 10.2 Å². The molecule has 1 aromatic carbocycles. The zero-order chi connectivity index (χ0) is 20.4. The van der Waals surface area contributed by atoms with Gasteiger partial charge in [0.1, 0.15) is 0 Å². The average molecular weight is 404 g/mol. The van der Waals surface area contributed by atoms with Gasteiger partial charge in [0.25, 0.3) is 0 Å². The molecule has 2 aliphatic carbocycles. The van der Waals surface area contributed by atoms with Crippen molar-refractivity contribution in [3.8, 4) is 22.5 Å². The summed E-state index contributed by atoms with van der Waals surface area (Å²) in [5.74, 6) is 0.646. The number of nitrogens with zero attached hydrogens (tertiary/aromatic N) is 4. The van der Waals surface area contributed by atoms with E-state index in [-0.39, 0.29) is 5.41 Å². The summed E-state index contributed by atoms with van der Waals surface area (Å²) < 4.78 is 6.03. The first kappa shape index (κ1) is 19.4. The number of hydrogen-bond acceptors (Lipinski definition) is 5. The molecule has 2 aromatic heterocycles. The Morgan fingerprint density at radius 1 is 1.00 bits per heavy atom. The second-order valence-electron chi connectivity index (χ2n) is 8.57. The van der Waals surface area contributed by atoms with Crippen molar-refractivity contribution in [1.29, 1.82) is 0 Å². The summed E-state index contributed by atoms with van der Waals surface area (Å²) in [4.78, 5) is 5.36. The van der Waals surface area contributed by atoms with Crippen molar-refractivity contribution in [3.05, 3.63) is 47.3 Å².